The molecule has 0 saturated heterocycles. The van der Waals surface area contributed by atoms with Crippen LogP contribution in [0.25, 0.3) is 11.0 Å². The van der Waals surface area contributed by atoms with Gasteiger partial charge in [0.2, 0.25) is 0 Å². The summed E-state index contributed by atoms with van der Waals surface area (Å²) < 4.78 is 5.97. The van der Waals surface area contributed by atoms with E-state index in [0.717, 1.165) is 15.6 Å². The van der Waals surface area contributed by atoms with E-state index in [0.29, 0.717) is 11.3 Å². The van der Waals surface area contributed by atoms with E-state index in [9.17, 15) is 0 Å². The lowest BCUT2D eigenvalue weighted by Gasteiger charge is -1.95. The first kappa shape index (κ1) is 7.61. The molecule has 62 valence electrons. The zero-order valence-electron chi connectivity index (χ0n) is 6.47. The van der Waals surface area contributed by atoms with Gasteiger partial charge in [-0.3, -0.25) is 0 Å². The van der Waals surface area contributed by atoms with Crippen LogP contribution >= 0.6 is 15.9 Å². The first-order chi connectivity index (χ1) is 5.70. The third-order valence-electron chi connectivity index (χ3n) is 1.78. The molecule has 0 aliphatic carbocycles. The molecule has 2 rings (SSSR count). The van der Waals surface area contributed by atoms with E-state index >= 15 is 0 Å². The summed E-state index contributed by atoms with van der Waals surface area (Å²) in [6.07, 6.45) is 0. The summed E-state index contributed by atoms with van der Waals surface area (Å²) in [6, 6.07) is 3.68. The van der Waals surface area contributed by atoms with Crippen molar-refractivity contribution in [3.8, 4) is 0 Å². The zero-order chi connectivity index (χ0) is 8.72. The monoisotopic (exact) mass is 226 g/mol. The Morgan fingerprint density at radius 1 is 1.50 bits per heavy atom. The van der Waals surface area contributed by atoms with Crippen LogP contribution in [-0.4, -0.2) is 5.16 Å². The topological polar surface area (TPSA) is 52.0 Å². The molecule has 1 heterocycles. The van der Waals surface area contributed by atoms with Gasteiger partial charge in [-0.15, -0.1) is 0 Å². The average Bonchev–Trinajstić information content (AvgIpc) is 2.42. The molecule has 0 bridgehead atoms. The molecule has 0 saturated carbocycles. The van der Waals surface area contributed by atoms with E-state index in [1.807, 2.05) is 19.1 Å². The van der Waals surface area contributed by atoms with E-state index in [4.69, 9.17) is 10.3 Å². The van der Waals surface area contributed by atoms with Gasteiger partial charge >= 0.3 is 0 Å². The van der Waals surface area contributed by atoms with Crippen molar-refractivity contribution < 1.29 is 4.52 Å². The van der Waals surface area contributed by atoms with Crippen LogP contribution < -0.4 is 5.73 Å². The fourth-order valence-electron chi connectivity index (χ4n) is 1.19. The molecule has 0 radical (unpaired) electrons. The number of halogens is 1. The third-order valence-corrected chi connectivity index (χ3v) is 2.40. The fraction of sp³-hybridized carbons (Fsp3) is 0.125. The minimum Gasteiger partial charge on any atom is -0.398 e. The van der Waals surface area contributed by atoms with Crippen LogP contribution in [0.4, 0.5) is 5.69 Å². The second kappa shape index (κ2) is 2.48. The molecule has 12 heavy (non-hydrogen) atoms. The highest BCUT2D eigenvalue weighted by Crippen LogP contribution is 2.30. The molecule has 0 aliphatic heterocycles. The number of aromatic nitrogens is 1. The quantitative estimate of drug-likeness (QED) is 0.703. The first-order valence-corrected chi connectivity index (χ1v) is 4.29. The summed E-state index contributed by atoms with van der Waals surface area (Å²) in [5, 5.41) is 4.73. The van der Waals surface area contributed by atoms with Gasteiger partial charge in [0.05, 0.1) is 15.6 Å². The van der Waals surface area contributed by atoms with Crippen LogP contribution in [-0.2, 0) is 0 Å². The van der Waals surface area contributed by atoms with Gasteiger partial charge in [0, 0.05) is 5.69 Å². The minimum atomic E-state index is 0.701. The number of nitrogen functional groups attached to an aromatic ring is 1. The molecule has 0 spiro atoms. The lowest BCUT2D eigenvalue weighted by Crippen LogP contribution is -1.86. The van der Waals surface area contributed by atoms with Gasteiger partial charge in [-0.25, -0.2) is 0 Å². The lowest BCUT2D eigenvalue weighted by atomic mass is 10.2. The molecular formula is C8H7BrN2O. The predicted octanol–water partition coefficient (Wildman–Crippen LogP) is 2.48. The highest BCUT2D eigenvalue weighted by molar-refractivity contribution is 9.10. The van der Waals surface area contributed by atoms with Crippen molar-refractivity contribution in [3.63, 3.8) is 0 Å². The van der Waals surface area contributed by atoms with Gasteiger partial charge in [0.25, 0.3) is 0 Å². The van der Waals surface area contributed by atoms with Crippen molar-refractivity contribution in [1.82, 2.24) is 5.16 Å². The number of benzene rings is 1. The summed E-state index contributed by atoms with van der Waals surface area (Å²) >= 11 is 3.36. The number of anilines is 1. The maximum absolute atomic E-state index is 5.75. The standard InChI is InChI=1S/C8H7BrN2O/c1-4-7-6(10)3-2-5(9)8(7)12-11-4/h2-3H,10H2,1H3. The molecule has 2 aromatic rings. The Morgan fingerprint density at radius 2 is 2.25 bits per heavy atom. The highest BCUT2D eigenvalue weighted by atomic mass is 79.9. The van der Waals surface area contributed by atoms with Gasteiger partial charge in [-0.1, -0.05) is 5.16 Å². The van der Waals surface area contributed by atoms with Crippen molar-refractivity contribution in [2.24, 2.45) is 0 Å². The Kier molecular flexibility index (Phi) is 1.58. The Bertz CT molecular complexity index is 436. The van der Waals surface area contributed by atoms with Crippen molar-refractivity contribution >= 4 is 32.6 Å². The number of nitrogens with two attached hydrogens (primary N) is 1. The Morgan fingerprint density at radius 3 is 2.92 bits per heavy atom. The summed E-state index contributed by atoms with van der Waals surface area (Å²) in [5.74, 6) is 0. The molecule has 1 aromatic carbocycles. The molecule has 3 nitrogen and oxygen atoms in total. The maximum Gasteiger partial charge on any atom is 0.183 e. The predicted molar refractivity (Wildman–Crippen MR) is 50.9 cm³/mol. The number of nitrogens with zero attached hydrogens (tertiary/aromatic N) is 1. The molecule has 0 aliphatic rings. The van der Waals surface area contributed by atoms with Crippen LogP contribution in [0.3, 0.4) is 0 Å². The van der Waals surface area contributed by atoms with Gasteiger partial charge in [0.1, 0.15) is 0 Å². The number of aryl methyl sites for hydroxylation is 1. The van der Waals surface area contributed by atoms with E-state index in [1.165, 1.54) is 0 Å². The Balaban J connectivity index is 2.98. The molecular weight excluding hydrogens is 220 g/mol. The van der Waals surface area contributed by atoms with E-state index in [1.54, 1.807) is 0 Å². The molecule has 0 fully saturated rings. The van der Waals surface area contributed by atoms with E-state index < -0.39 is 0 Å². The van der Waals surface area contributed by atoms with E-state index in [-0.39, 0.29) is 0 Å². The lowest BCUT2D eigenvalue weighted by molar-refractivity contribution is 0.449. The van der Waals surface area contributed by atoms with Crippen LogP contribution in [0.15, 0.2) is 21.1 Å². The van der Waals surface area contributed by atoms with Crippen LogP contribution in [0, 0.1) is 6.92 Å². The molecule has 0 atom stereocenters. The van der Waals surface area contributed by atoms with Crippen molar-refractivity contribution in [2.45, 2.75) is 6.92 Å². The first-order valence-electron chi connectivity index (χ1n) is 3.50. The maximum atomic E-state index is 5.75. The normalized spacial score (nSPS) is 10.8. The molecule has 4 heteroatoms. The van der Waals surface area contributed by atoms with E-state index in [2.05, 4.69) is 21.1 Å². The van der Waals surface area contributed by atoms with Crippen molar-refractivity contribution in [3.05, 3.63) is 22.3 Å². The summed E-state index contributed by atoms with van der Waals surface area (Å²) in [7, 11) is 0. The van der Waals surface area contributed by atoms with Gasteiger partial charge in [0.15, 0.2) is 5.58 Å². The number of hydrogen-bond acceptors (Lipinski definition) is 3. The van der Waals surface area contributed by atoms with Crippen LogP contribution in [0.1, 0.15) is 5.69 Å². The highest BCUT2D eigenvalue weighted by Gasteiger charge is 2.09. The second-order valence-corrected chi connectivity index (χ2v) is 3.46. The number of fused-ring (bicyclic) bond motifs is 1. The minimum absolute atomic E-state index is 0.701. The number of rotatable bonds is 0. The molecule has 0 unspecified atom stereocenters. The summed E-state index contributed by atoms with van der Waals surface area (Å²) in [5.41, 5.74) is 7.99. The van der Waals surface area contributed by atoms with Crippen LogP contribution in [0.5, 0.6) is 0 Å². The van der Waals surface area contributed by atoms with Gasteiger partial charge in [-0.2, -0.15) is 0 Å². The smallest absolute Gasteiger partial charge is 0.183 e. The second-order valence-electron chi connectivity index (χ2n) is 2.61. The number of hydrogen-bond donors (Lipinski definition) is 1. The van der Waals surface area contributed by atoms with Gasteiger partial charge in [-0.05, 0) is 35.0 Å². The zero-order valence-corrected chi connectivity index (χ0v) is 8.05. The largest absolute Gasteiger partial charge is 0.398 e. The summed E-state index contributed by atoms with van der Waals surface area (Å²) in [6.45, 7) is 1.87. The summed E-state index contributed by atoms with van der Waals surface area (Å²) in [4.78, 5) is 0. The SMILES string of the molecule is Cc1noc2c(Br)ccc(N)c12. The Hall–Kier alpha value is -1.03. The third kappa shape index (κ3) is 0.914. The van der Waals surface area contributed by atoms with Crippen molar-refractivity contribution in [2.75, 3.05) is 5.73 Å². The average molecular weight is 227 g/mol. The fourth-order valence-corrected chi connectivity index (χ4v) is 1.60. The Labute approximate surface area is 77.7 Å². The molecule has 0 amide bonds. The van der Waals surface area contributed by atoms with Crippen LogP contribution in [0.2, 0.25) is 0 Å². The molecule has 1 aromatic heterocycles. The molecule has 2 N–H and O–H groups in total. The van der Waals surface area contributed by atoms with Crippen molar-refractivity contribution in [1.29, 1.82) is 0 Å². The van der Waals surface area contributed by atoms with Gasteiger partial charge < -0.3 is 10.3 Å².